The van der Waals surface area contributed by atoms with E-state index in [2.05, 4.69) is 0 Å². The summed E-state index contributed by atoms with van der Waals surface area (Å²) < 4.78 is 10.2. The van der Waals surface area contributed by atoms with Crippen LogP contribution in [0.2, 0.25) is 5.02 Å². The highest BCUT2D eigenvalue weighted by atomic mass is 35.5. The van der Waals surface area contributed by atoms with Gasteiger partial charge in [0.15, 0.2) is 6.61 Å². The topological polar surface area (TPSA) is 79.6 Å². The van der Waals surface area contributed by atoms with Crippen molar-refractivity contribution in [2.75, 3.05) is 25.2 Å². The molecule has 0 aliphatic rings. The number of carbonyl (C=O) groups excluding carboxylic acids is 2. The molecule has 0 heterocycles. The highest BCUT2D eigenvalue weighted by Gasteiger charge is 2.19. The Hall–Kier alpha value is -2.88. The molecule has 0 saturated heterocycles. The largest absolute Gasteiger partial charge is 0.452 e. The monoisotopic (exact) mass is 400 g/mol. The molecule has 1 amide bonds. The van der Waals surface area contributed by atoms with Crippen molar-refractivity contribution in [1.82, 2.24) is 0 Å². The standard InChI is InChI=1S/C21H21ClN2O4/c1-15-11-18(7-8-19(15)22)24(10-4-9-23)20(25)14-28-21(26)17-6-3-5-16(12-17)13-27-2/h3,5-8,11-12H,4,10,13-14H2,1-2H3. The van der Waals surface area contributed by atoms with Crippen LogP contribution in [-0.4, -0.2) is 32.1 Å². The van der Waals surface area contributed by atoms with Gasteiger partial charge in [0.25, 0.3) is 5.91 Å². The number of aryl methyl sites for hydroxylation is 1. The Morgan fingerprint density at radius 3 is 2.68 bits per heavy atom. The summed E-state index contributed by atoms with van der Waals surface area (Å²) in [6.07, 6.45) is 0.153. The third kappa shape index (κ3) is 5.81. The van der Waals surface area contributed by atoms with Gasteiger partial charge in [0, 0.05) is 24.4 Å². The van der Waals surface area contributed by atoms with E-state index in [-0.39, 0.29) is 13.0 Å². The number of hydrogen-bond donors (Lipinski definition) is 0. The summed E-state index contributed by atoms with van der Waals surface area (Å²) in [6, 6.07) is 14.0. The zero-order valence-corrected chi connectivity index (χ0v) is 16.5. The molecule has 0 bridgehead atoms. The van der Waals surface area contributed by atoms with Crippen LogP contribution < -0.4 is 4.90 Å². The Morgan fingerprint density at radius 1 is 1.21 bits per heavy atom. The molecule has 2 aromatic rings. The first kappa shape index (κ1) is 21.4. The molecule has 2 aromatic carbocycles. The van der Waals surface area contributed by atoms with Gasteiger partial charge in [0.1, 0.15) is 0 Å². The zero-order valence-electron chi connectivity index (χ0n) is 15.8. The van der Waals surface area contributed by atoms with Gasteiger partial charge in [-0.3, -0.25) is 4.79 Å². The summed E-state index contributed by atoms with van der Waals surface area (Å²) in [7, 11) is 1.57. The maximum Gasteiger partial charge on any atom is 0.338 e. The summed E-state index contributed by atoms with van der Waals surface area (Å²) in [5, 5.41) is 9.46. The van der Waals surface area contributed by atoms with E-state index in [9.17, 15) is 9.59 Å². The molecule has 2 rings (SSSR count). The molecule has 0 aliphatic carbocycles. The van der Waals surface area contributed by atoms with Crippen LogP contribution in [0, 0.1) is 18.3 Å². The molecule has 6 nitrogen and oxygen atoms in total. The second kappa shape index (κ2) is 10.5. The molecule has 0 atom stereocenters. The fraction of sp³-hybridized carbons (Fsp3) is 0.286. The van der Waals surface area contributed by atoms with Crippen molar-refractivity contribution in [3.05, 3.63) is 64.2 Å². The molecular formula is C21H21ClN2O4. The minimum Gasteiger partial charge on any atom is -0.452 e. The molecule has 0 fully saturated rings. The van der Waals surface area contributed by atoms with Gasteiger partial charge in [-0.2, -0.15) is 5.26 Å². The minimum atomic E-state index is -0.598. The van der Waals surface area contributed by atoms with Crippen LogP contribution >= 0.6 is 11.6 Å². The molecule has 0 spiro atoms. The van der Waals surface area contributed by atoms with E-state index in [1.165, 1.54) is 4.90 Å². The van der Waals surface area contributed by atoms with Crippen molar-refractivity contribution < 1.29 is 19.1 Å². The SMILES string of the molecule is COCc1cccc(C(=O)OCC(=O)N(CCC#N)c2ccc(Cl)c(C)c2)c1. The van der Waals surface area contributed by atoms with E-state index in [0.29, 0.717) is 22.9 Å². The number of benzene rings is 2. The number of ether oxygens (including phenoxy) is 2. The van der Waals surface area contributed by atoms with Crippen LogP contribution in [0.25, 0.3) is 0 Å². The van der Waals surface area contributed by atoms with Crippen molar-refractivity contribution in [1.29, 1.82) is 5.26 Å². The van der Waals surface area contributed by atoms with Gasteiger partial charge >= 0.3 is 5.97 Å². The normalized spacial score (nSPS) is 10.2. The highest BCUT2D eigenvalue weighted by molar-refractivity contribution is 6.31. The number of amides is 1. The maximum absolute atomic E-state index is 12.6. The second-order valence-electron chi connectivity index (χ2n) is 6.10. The number of carbonyl (C=O) groups is 2. The first-order valence-corrected chi connectivity index (χ1v) is 9.02. The number of rotatable bonds is 8. The number of anilines is 1. The van der Waals surface area contributed by atoms with Crippen LogP contribution in [0.4, 0.5) is 5.69 Å². The Balaban J connectivity index is 2.08. The van der Waals surface area contributed by atoms with E-state index in [1.807, 2.05) is 19.1 Å². The summed E-state index contributed by atoms with van der Waals surface area (Å²) in [4.78, 5) is 26.3. The van der Waals surface area contributed by atoms with Gasteiger partial charge in [0.05, 0.1) is 24.7 Å². The van der Waals surface area contributed by atoms with Crippen LogP contribution in [0.3, 0.4) is 0 Å². The summed E-state index contributed by atoms with van der Waals surface area (Å²) in [6.45, 7) is 1.96. The Kier molecular flexibility index (Phi) is 8.00. The Morgan fingerprint density at radius 2 is 2.00 bits per heavy atom. The molecule has 7 heteroatoms. The molecule has 0 saturated carbocycles. The average molecular weight is 401 g/mol. The molecule has 0 aromatic heterocycles. The maximum atomic E-state index is 12.6. The van der Waals surface area contributed by atoms with E-state index in [0.717, 1.165) is 11.1 Å². The Bertz CT molecular complexity index is 892. The van der Waals surface area contributed by atoms with Crippen LogP contribution in [0.1, 0.15) is 27.9 Å². The van der Waals surface area contributed by atoms with Crippen molar-refractivity contribution in [2.24, 2.45) is 0 Å². The Labute approximate surface area is 169 Å². The summed E-state index contributed by atoms with van der Waals surface area (Å²) >= 11 is 6.04. The number of esters is 1. The first-order chi connectivity index (χ1) is 13.5. The van der Waals surface area contributed by atoms with E-state index < -0.39 is 18.5 Å². The van der Waals surface area contributed by atoms with Crippen LogP contribution in [0.15, 0.2) is 42.5 Å². The quantitative estimate of drug-likeness (QED) is 0.628. The zero-order chi connectivity index (χ0) is 20.5. The number of methoxy groups -OCH3 is 1. The predicted molar refractivity (Wildman–Crippen MR) is 106 cm³/mol. The molecule has 0 N–H and O–H groups in total. The number of halogens is 1. The van der Waals surface area contributed by atoms with Crippen LogP contribution in [0.5, 0.6) is 0 Å². The van der Waals surface area contributed by atoms with E-state index in [1.54, 1.807) is 43.5 Å². The second-order valence-corrected chi connectivity index (χ2v) is 6.50. The summed E-state index contributed by atoms with van der Waals surface area (Å²) in [5.74, 6) is -1.02. The lowest BCUT2D eigenvalue weighted by molar-refractivity contribution is -0.121. The molecule has 28 heavy (non-hydrogen) atoms. The fourth-order valence-corrected chi connectivity index (χ4v) is 2.72. The lowest BCUT2D eigenvalue weighted by atomic mass is 10.1. The highest BCUT2D eigenvalue weighted by Crippen LogP contribution is 2.23. The van der Waals surface area contributed by atoms with Gasteiger partial charge < -0.3 is 14.4 Å². The van der Waals surface area contributed by atoms with Crippen molar-refractivity contribution >= 4 is 29.2 Å². The van der Waals surface area contributed by atoms with Crippen molar-refractivity contribution in [3.63, 3.8) is 0 Å². The molecular weight excluding hydrogens is 380 g/mol. The van der Waals surface area contributed by atoms with Gasteiger partial charge in [-0.05, 0) is 48.4 Å². The van der Waals surface area contributed by atoms with Gasteiger partial charge in [0.2, 0.25) is 0 Å². The third-order valence-electron chi connectivity index (χ3n) is 4.00. The van der Waals surface area contributed by atoms with Gasteiger partial charge in [-0.15, -0.1) is 0 Å². The molecule has 0 unspecified atom stereocenters. The summed E-state index contributed by atoms with van der Waals surface area (Å²) in [5.41, 5.74) is 2.57. The lowest BCUT2D eigenvalue weighted by Crippen LogP contribution is -2.35. The smallest absolute Gasteiger partial charge is 0.338 e. The van der Waals surface area contributed by atoms with Gasteiger partial charge in [-0.1, -0.05) is 23.7 Å². The lowest BCUT2D eigenvalue weighted by Gasteiger charge is -2.22. The van der Waals surface area contributed by atoms with E-state index >= 15 is 0 Å². The third-order valence-corrected chi connectivity index (χ3v) is 4.43. The van der Waals surface area contributed by atoms with Gasteiger partial charge in [-0.25, -0.2) is 4.79 Å². The molecule has 0 radical (unpaired) electrons. The first-order valence-electron chi connectivity index (χ1n) is 8.64. The van der Waals surface area contributed by atoms with Crippen molar-refractivity contribution in [2.45, 2.75) is 20.0 Å². The molecule has 0 aliphatic heterocycles. The number of hydrogen-bond acceptors (Lipinski definition) is 5. The van der Waals surface area contributed by atoms with E-state index in [4.69, 9.17) is 26.3 Å². The minimum absolute atomic E-state index is 0.153. The fourth-order valence-electron chi connectivity index (χ4n) is 2.60. The van der Waals surface area contributed by atoms with Crippen LogP contribution in [-0.2, 0) is 20.9 Å². The number of nitrogens with zero attached hydrogens (tertiary/aromatic N) is 2. The molecule has 146 valence electrons. The van der Waals surface area contributed by atoms with Crippen molar-refractivity contribution in [3.8, 4) is 6.07 Å². The number of nitriles is 1. The predicted octanol–water partition coefficient (Wildman–Crippen LogP) is 3.90. The average Bonchev–Trinajstić information content (AvgIpc) is 2.69.